The van der Waals surface area contributed by atoms with Gasteiger partial charge in [0.15, 0.2) is 0 Å². The average Bonchev–Trinajstić information content (AvgIpc) is 3.25. The second-order valence-electron chi connectivity index (χ2n) is 7.09. The molecule has 1 aromatic heterocycles. The number of carbonyl (C=O) groups excluding carboxylic acids is 2. The predicted molar refractivity (Wildman–Crippen MR) is 113 cm³/mol. The summed E-state index contributed by atoms with van der Waals surface area (Å²) in [5.41, 5.74) is 1.46. The first-order valence-corrected chi connectivity index (χ1v) is 10.1. The second kappa shape index (κ2) is 7.42. The SMILES string of the molecule is Cc1cc(/C(O)=C2/C(=O)C(=O)N(c3ccccc3O)C2c2sccc2C)ccc1F. The maximum absolute atomic E-state index is 13.7. The Morgan fingerprint density at radius 2 is 1.80 bits per heavy atom. The number of amides is 1. The summed E-state index contributed by atoms with van der Waals surface area (Å²) in [6.45, 7) is 3.40. The number of rotatable bonds is 3. The average molecular weight is 423 g/mol. The first-order valence-electron chi connectivity index (χ1n) is 9.20. The maximum atomic E-state index is 13.7. The Bertz CT molecular complexity index is 1210. The van der Waals surface area contributed by atoms with Crippen LogP contribution in [0.2, 0.25) is 0 Å². The first-order chi connectivity index (χ1) is 14.3. The highest BCUT2D eigenvalue weighted by molar-refractivity contribution is 7.10. The fraction of sp³-hybridized carbons (Fsp3) is 0.130. The van der Waals surface area contributed by atoms with Crippen LogP contribution in [0.15, 0.2) is 59.5 Å². The molecule has 4 rings (SSSR count). The topological polar surface area (TPSA) is 77.8 Å². The van der Waals surface area contributed by atoms with Gasteiger partial charge in [-0.1, -0.05) is 12.1 Å². The van der Waals surface area contributed by atoms with E-state index < -0.39 is 23.5 Å². The van der Waals surface area contributed by atoms with E-state index in [1.807, 2.05) is 18.4 Å². The number of nitrogens with zero attached hydrogens (tertiary/aromatic N) is 1. The molecule has 0 radical (unpaired) electrons. The van der Waals surface area contributed by atoms with E-state index in [1.54, 1.807) is 25.1 Å². The van der Waals surface area contributed by atoms with E-state index in [1.165, 1.54) is 40.5 Å². The number of para-hydroxylation sites is 2. The third kappa shape index (κ3) is 3.07. The number of thiophene rings is 1. The van der Waals surface area contributed by atoms with Gasteiger partial charge in [0.05, 0.1) is 11.3 Å². The molecule has 0 aliphatic carbocycles. The number of phenolic OH excluding ortho intramolecular Hbond substituents is 1. The predicted octanol–water partition coefficient (Wildman–Crippen LogP) is 4.84. The lowest BCUT2D eigenvalue weighted by molar-refractivity contribution is -0.132. The fourth-order valence-corrected chi connectivity index (χ4v) is 4.63. The molecule has 2 heterocycles. The van der Waals surface area contributed by atoms with Crippen molar-refractivity contribution >= 4 is 34.5 Å². The Kier molecular flexibility index (Phi) is 4.91. The summed E-state index contributed by atoms with van der Waals surface area (Å²) in [4.78, 5) is 27.9. The van der Waals surface area contributed by atoms with E-state index in [4.69, 9.17) is 0 Å². The van der Waals surface area contributed by atoms with Crippen LogP contribution in [0, 0.1) is 19.7 Å². The molecular weight excluding hydrogens is 405 g/mol. The Labute approximate surface area is 176 Å². The molecule has 0 spiro atoms. The van der Waals surface area contributed by atoms with Crippen molar-refractivity contribution in [3.63, 3.8) is 0 Å². The highest BCUT2D eigenvalue weighted by Gasteiger charge is 2.48. The first kappa shape index (κ1) is 19.8. The number of carbonyl (C=O) groups is 2. The van der Waals surface area contributed by atoms with Gasteiger partial charge in [0.2, 0.25) is 0 Å². The van der Waals surface area contributed by atoms with Crippen LogP contribution in [0.4, 0.5) is 10.1 Å². The summed E-state index contributed by atoms with van der Waals surface area (Å²) in [6.07, 6.45) is 0. The van der Waals surface area contributed by atoms with Gasteiger partial charge in [-0.05, 0) is 66.8 Å². The molecule has 0 bridgehead atoms. The zero-order valence-electron chi connectivity index (χ0n) is 16.2. The zero-order valence-corrected chi connectivity index (χ0v) is 17.0. The van der Waals surface area contributed by atoms with Gasteiger partial charge >= 0.3 is 0 Å². The second-order valence-corrected chi connectivity index (χ2v) is 8.04. The van der Waals surface area contributed by atoms with E-state index in [0.717, 1.165) is 5.56 Å². The molecule has 5 nitrogen and oxygen atoms in total. The lowest BCUT2D eigenvalue weighted by atomic mass is 9.97. The molecule has 1 atom stereocenters. The molecule has 1 aliphatic heterocycles. The summed E-state index contributed by atoms with van der Waals surface area (Å²) < 4.78 is 13.7. The molecule has 30 heavy (non-hydrogen) atoms. The van der Waals surface area contributed by atoms with Gasteiger partial charge < -0.3 is 10.2 Å². The Balaban J connectivity index is 1.98. The number of ketones is 1. The molecule has 7 heteroatoms. The number of aromatic hydroxyl groups is 1. The third-order valence-electron chi connectivity index (χ3n) is 5.17. The van der Waals surface area contributed by atoms with Crippen molar-refractivity contribution in [1.29, 1.82) is 0 Å². The summed E-state index contributed by atoms with van der Waals surface area (Å²) in [5.74, 6) is -2.69. The van der Waals surface area contributed by atoms with Crippen molar-refractivity contribution in [3.8, 4) is 5.75 Å². The van der Waals surface area contributed by atoms with E-state index in [-0.39, 0.29) is 28.3 Å². The number of halogens is 1. The van der Waals surface area contributed by atoms with Gasteiger partial charge in [-0.15, -0.1) is 11.3 Å². The highest BCUT2D eigenvalue weighted by atomic mass is 32.1. The molecule has 2 aromatic carbocycles. The molecule has 152 valence electrons. The van der Waals surface area contributed by atoms with Gasteiger partial charge in [-0.2, -0.15) is 0 Å². The Morgan fingerprint density at radius 1 is 1.07 bits per heavy atom. The Morgan fingerprint density at radius 3 is 2.43 bits per heavy atom. The lowest BCUT2D eigenvalue weighted by Gasteiger charge is -2.25. The van der Waals surface area contributed by atoms with Crippen molar-refractivity contribution in [1.82, 2.24) is 0 Å². The molecule has 1 unspecified atom stereocenters. The van der Waals surface area contributed by atoms with E-state index in [0.29, 0.717) is 10.4 Å². The molecule has 3 aromatic rings. The number of hydrogen-bond acceptors (Lipinski definition) is 5. The van der Waals surface area contributed by atoms with Crippen LogP contribution >= 0.6 is 11.3 Å². The molecule has 1 aliphatic rings. The number of aliphatic hydroxyl groups is 1. The van der Waals surface area contributed by atoms with Crippen LogP contribution in [0.3, 0.4) is 0 Å². The number of anilines is 1. The largest absolute Gasteiger partial charge is 0.507 e. The summed E-state index contributed by atoms with van der Waals surface area (Å²) in [6, 6.07) is 11.2. The van der Waals surface area contributed by atoms with E-state index >= 15 is 0 Å². The van der Waals surface area contributed by atoms with Crippen LogP contribution in [-0.4, -0.2) is 21.9 Å². The number of hydrogen-bond donors (Lipinski definition) is 2. The number of benzene rings is 2. The van der Waals surface area contributed by atoms with Gasteiger partial charge in [0.25, 0.3) is 11.7 Å². The van der Waals surface area contributed by atoms with Crippen LogP contribution in [0.25, 0.3) is 5.76 Å². The van der Waals surface area contributed by atoms with Crippen molar-refractivity contribution in [3.05, 3.63) is 86.9 Å². The van der Waals surface area contributed by atoms with Crippen LogP contribution < -0.4 is 4.90 Å². The molecule has 0 saturated carbocycles. The standard InChI is InChI=1S/C23H18FNO4S/c1-12-9-10-30-22(12)19-18(20(27)14-7-8-15(24)13(2)11-14)21(28)23(29)25(19)16-5-3-4-6-17(16)26/h3-11,19,26-27H,1-2H3/b20-18-. The maximum Gasteiger partial charge on any atom is 0.300 e. The molecule has 1 fully saturated rings. The van der Waals surface area contributed by atoms with E-state index in [2.05, 4.69) is 0 Å². The highest BCUT2D eigenvalue weighted by Crippen LogP contribution is 2.46. The monoisotopic (exact) mass is 423 g/mol. The Hall–Kier alpha value is -3.45. The zero-order chi connectivity index (χ0) is 21.6. The summed E-state index contributed by atoms with van der Waals surface area (Å²) in [5, 5.41) is 23.2. The van der Waals surface area contributed by atoms with Gasteiger partial charge in [0, 0.05) is 10.4 Å². The minimum Gasteiger partial charge on any atom is -0.507 e. The lowest BCUT2D eigenvalue weighted by Crippen LogP contribution is -2.29. The van der Waals surface area contributed by atoms with Crippen LogP contribution in [0.5, 0.6) is 5.75 Å². The third-order valence-corrected chi connectivity index (χ3v) is 6.24. The van der Waals surface area contributed by atoms with Gasteiger partial charge in [-0.3, -0.25) is 14.5 Å². The molecule has 2 N–H and O–H groups in total. The van der Waals surface area contributed by atoms with Crippen molar-refractivity contribution in [2.45, 2.75) is 19.9 Å². The molecular formula is C23H18FNO4S. The normalized spacial score (nSPS) is 18.2. The number of aliphatic hydroxyl groups excluding tert-OH is 1. The van der Waals surface area contributed by atoms with Crippen LogP contribution in [0.1, 0.15) is 27.6 Å². The number of Topliss-reactive ketones (excluding diaryl/α,β-unsaturated/α-hetero) is 1. The van der Waals surface area contributed by atoms with Crippen molar-refractivity contribution in [2.24, 2.45) is 0 Å². The number of phenols is 1. The summed E-state index contributed by atoms with van der Waals surface area (Å²) in [7, 11) is 0. The number of aryl methyl sites for hydroxylation is 2. The van der Waals surface area contributed by atoms with Crippen molar-refractivity contribution < 1.29 is 24.2 Å². The van der Waals surface area contributed by atoms with Gasteiger partial charge in [-0.25, -0.2) is 4.39 Å². The van der Waals surface area contributed by atoms with Gasteiger partial charge in [0.1, 0.15) is 23.4 Å². The molecule has 1 saturated heterocycles. The fourth-order valence-electron chi connectivity index (χ4n) is 3.61. The van der Waals surface area contributed by atoms with Crippen molar-refractivity contribution in [2.75, 3.05) is 4.90 Å². The quantitative estimate of drug-likeness (QED) is 0.359. The minimum atomic E-state index is -0.913. The van der Waals surface area contributed by atoms with E-state index in [9.17, 15) is 24.2 Å². The molecule has 1 amide bonds. The van der Waals surface area contributed by atoms with Crippen LogP contribution in [-0.2, 0) is 9.59 Å². The summed E-state index contributed by atoms with van der Waals surface area (Å²) >= 11 is 1.34. The smallest absolute Gasteiger partial charge is 0.300 e. The minimum absolute atomic E-state index is 0.0974.